The lowest BCUT2D eigenvalue weighted by atomic mass is 10.1. The zero-order valence-corrected chi connectivity index (χ0v) is 13.0. The van der Waals surface area contributed by atoms with Crippen molar-refractivity contribution >= 4 is 0 Å². The van der Waals surface area contributed by atoms with Gasteiger partial charge in [0.1, 0.15) is 5.75 Å². The van der Waals surface area contributed by atoms with Crippen molar-refractivity contribution in [3.05, 3.63) is 29.8 Å². The largest absolute Gasteiger partial charge is 0.497 e. The molecule has 0 saturated heterocycles. The maximum Gasteiger partial charge on any atom is 0.119 e. The number of hydrogen-bond acceptors (Lipinski definition) is 3. The predicted molar refractivity (Wildman–Crippen MR) is 81.1 cm³/mol. The van der Waals surface area contributed by atoms with Gasteiger partial charge in [0.15, 0.2) is 0 Å². The van der Waals surface area contributed by atoms with Gasteiger partial charge < -0.3 is 15.6 Å². The normalized spacial score (nSPS) is 9.39. The summed E-state index contributed by atoms with van der Waals surface area (Å²) < 4.78 is 5.00. The summed E-state index contributed by atoms with van der Waals surface area (Å²) in [5.74, 6) is 0.736. The Morgan fingerprint density at radius 2 is 1.61 bits per heavy atom. The van der Waals surface area contributed by atoms with Crippen LogP contribution in [0, 0.1) is 0 Å². The quantitative estimate of drug-likeness (QED) is 0.866. The molecule has 0 bridgehead atoms. The number of rotatable bonds is 3. The van der Waals surface area contributed by atoms with E-state index in [2.05, 4.69) is 0 Å². The summed E-state index contributed by atoms with van der Waals surface area (Å²) in [5.41, 5.74) is 6.09. The molecule has 0 fully saturated rings. The second-order valence-electron chi connectivity index (χ2n) is 2.53. The highest BCUT2D eigenvalue weighted by Crippen LogP contribution is 2.17. The third kappa shape index (κ3) is 10.1. The summed E-state index contributed by atoms with van der Waals surface area (Å²) in [4.78, 5) is 0. The monoisotopic (exact) mass is 257 g/mol. The second-order valence-corrected chi connectivity index (χ2v) is 2.53. The lowest BCUT2D eigenvalue weighted by molar-refractivity contribution is 0.186. The molecule has 0 aliphatic rings. The van der Waals surface area contributed by atoms with Gasteiger partial charge in [0.2, 0.25) is 0 Å². The maximum absolute atomic E-state index is 9.37. The van der Waals surface area contributed by atoms with Gasteiger partial charge in [-0.15, -0.1) is 0 Å². The Kier molecular flexibility index (Phi) is 22.5. The number of ether oxygens (including phenoxy) is 1. The van der Waals surface area contributed by atoms with E-state index in [0.29, 0.717) is 0 Å². The van der Waals surface area contributed by atoms with Crippen LogP contribution in [-0.4, -0.2) is 18.8 Å². The first-order valence-electron chi connectivity index (χ1n) is 6.80. The highest BCUT2D eigenvalue weighted by Gasteiger charge is 2.04. The van der Waals surface area contributed by atoms with Crippen LogP contribution in [0.4, 0.5) is 0 Å². The minimum atomic E-state index is -0.597. The molecule has 0 amide bonds. The Hall–Kier alpha value is -1.06. The van der Waals surface area contributed by atoms with Crippen molar-refractivity contribution in [1.82, 2.24) is 0 Å². The molecule has 108 valence electrons. The van der Waals surface area contributed by atoms with Gasteiger partial charge in [-0.1, -0.05) is 53.7 Å². The van der Waals surface area contributed by atoms with E-state index >= 15 is 0 Å². The Labute approximate surface area is 113 Å². The van der Waals surface area contributed by atoms with E-state index in [4.69, 9.17) is 10.5 Å². The second kappa shape index (κ2) is 18.3. The first-order chi connectivity index (χ1) is 8.77. The molecule has 0 aromatic heterocycles. The minimum absolute atomic E-state index is 0.229. The van der Waals surface area contributed by atoms with Gasteiger partial charge in [-0.3, -0.25) is 0 Å². The fourth-order valence-corrected chi connectivity index (χ4v) is 0.985. The molecular weight excluding hydrogens is 226 g/mol. The molecule has 0 radical (unpaired) electrons. The molecule has 1 atom stereocenters. The Morgan fingerprint density at radius 3 is 2.00 bits per heavy atom. The third-order valence-electron chi connectivity index (χ3n) is 1.70. The van der Waals surface area contributed by atoms with E-state index in [1.165, 1.54) is 0 Å². The first kappa shape index (κ1) is 22.1. The number of nitrogens with two attached hydrogens (primary N) is 1. The Balaban J connectivity index is -0.000000328. The van der Waals surface area contributed by atoms with Gasteiger partial charge in [0, 0.05) is 6.54 Å². The van der Waals surface area contributed by atoms with Crippen molar-refractivity contribution in [3.63, 3.8) is 0 Å². The van der Waals surface area contributed by atoms with Crippen LogP contribution in [-0.2, 0) is 0 Å². The lowest BCUT2D eigenvalue weighted by Crippen LogP contribution is -2.11. The summed E-state index contributed by atoms with van der Waals surface area (Å²) >= 11 is 0. The lowest BCUT2D eigenvalue weighted by Gasteiger charge is -2.08. The van der Waals surface area contributed by atoms with Crippen molar-refractivity contribution in [3.8, 4) is 5.75 Å². The molecular formula is C15H31NO2. The van der Waals surface area contributed by atoms with Crippen LogP contribution in [0.3, 0.4) is 0 Å². The van der Waals surface area contributed by atoms with Crippen LogP contribution in [0.25, 0.3) is 0 Å². The SMILES string of the molecule is CC.CC.CC.COc1cccc(C(O)CN)c1. The zero-order valence-electron chi connectivity index (χ0n) is 13.0. The van der Waals surface area contributed by atoms with Gasteiger partial charge in [0.25, 0.3) is 0 Å². The topological polar surface area (TPSA) is 55.5 Å². The van der Waals surface area contributed by atoms with Gasteiger partial charge in [-0.25, -0.2) is 0 Å². The predicted octanol–water partition coefficient (Wildman–Crippen LogP) is 3.77. The fraction of sp³-hybridized carbons (Fsp3) is 0.600. The molecule has 1 aromatic rings. The fourth-order valence-electron chi connectivity index (χ4n) is 0.985. The molecule has 0 aliphatic carbocycles. The van der Waals surface area contributed by atoms with E-state index < -0.39 is 6.10 Å². The highest BCUT2D eigenvalue weighted by atomic mass is 16.5. The number of benzene rings is 1. The van der Waals surface area contributed by atoms with Crippen LogP contribution >= 0.6 is 0 Å². The molecule has 1 unspecified atom stereocenters. The first-order valence-corrected chi connectivity index (χ1v) is 6.80. The van der Waals surface area contributed by atoms with E-state index in [-0.39, 0.29) is 6.54 Å². The van der Waals surface area contributed by atoms with Crippen LogP contribution in [0.1, 0.15) is 53.2 Å². The average molecular weight is 257 g/mol. The average Bonchev–Trinajstić information content (AvgIpc) is 2.52. The maximum atomic E-state index is 9.37. The molecule has 0 aliphatic heterocycles. The van der Waals surface area contributed by atoms with Crippen molar-refractivity contribution in [2.24, 2.45) is 5.73 Å². The summed E-state index contributed by atoms with van der Waals surface area (Å²) in [7, 11) is 1.59. The number of hydrogen-bond donors (Lipinski definition) is 2. The molecule has 0 spiro atoms. The standard InChI is InChI=1S/C9H13NO2.3C2H6/c1-12-8-4-2-3-7(5-8)9(11)6-10;3*1-2/h2-5,9,11H,6,10H2,1H3;3*1-2H3. The number of methoxy groups -OCH3 is 1. The van der Waals surface area contributed by atoms with Crippen LogP contribution in [0.15, 0.2) is 24.3 Å². The Morgan fingerprint density at radius 1 is 1.11 bits per heavy atom. The van der Waals surface area contributed by atoms with E-state index in [9.17, 15) is 5.11 Å². The summed E-state index contributed by atoms with van der Waals surface area (Å²) in [6.07, 6.45) is -0.597. The van der Waals surface area contributed by atoms with Crippen molar-refractivity contribution in [1.29, 1.82) is 0 Å². The van der Waals surface area contributed by atoms with Crippen molar-refractivity contribution in [2.75, 3.05) is 13.7 Å². The van der Waals surface area contributed by atoms with Crippen LogP contribution < -0.4 is 10.5 Å². The Bertz CT molecular complexity index is 252. The molecule has 1 aromatic carbocycles. The minimum Gasteiger partial charge on any atom is -0.497 e. The summed E-state index contributed by atoms with van der Waals surface area (Å²) in [6, 6.07) is 7.25. The summed E-state index contributed by atoms with van der Waals surface area (Å²) in [5, 5.41) is 9.37. The smallest absolute Gasteiger partial charge is 0.119 e. The third-order valence-corrected chi connectivity index (χ3v) is 1.70. The van der Waals surface area contributed by atoms with E-state index in [1.807, 2.05) is 59.7 Å². The van der Waals surface area contributed by atoms with Gasteiger partial charge in [0.05, 0.1) is 13.2 Å². The van der Waals surface area contributed by atoms with Gasteiger partial charge >= 0.3 is 0 Å². The molecule has 1 rings (SSSR count). The molecule has 0 heterocycles. The highest BCUT2D eigenvalue weighted by molar-refractivity contribution is 5.29. The molecule has 18 heavy (non-hydrogen) atoms. The van der Waals surface area contributed by atoms with Gasteiger partial charge in [-0.05, 0) is 17.7 Å². The summed E-state index contributed by atoms with van der Waals surface area (Å²) in [6.45, 7) is 12.2. The van der Waals surface area contributed by atoms with Crippen LogP contribution in [0.2, 0.25) is 0 Å². The van der Waals surface area contributed by atoms with E-state index in [0.717, 1.165) is 11.3 Å². The molecule has 0 saturated carbocycles. The van der Waals surface area contributed by atoms with Crippen LogP contribution in [0.5, 0.6) is 5.75 Å². The van der Waals surface area contributed by atoms with Crippen molar-refractivity contribution in [2.45, 2.75) is 47.6 Å². The van der Waals surface area contributed by atoms with Gasteiger partial charge in [-0.2, -0.15) is 0 Å². The molecule has 3 heteroatoms. The molecule has 3 N–H and O–H groups in total. The number of aliphatic hydroxyl groups is 1. The van der Waals surface area contributed by atoms with E-state index in [1.54, 1.807) is 13.2 Å². The zero-order chi connectivity index (χ0) is 15.0. The van der Waals surface area contributed by atoms with Crippen molar-refractivity contribution < 1.29 is 9.84 Å². The molecule has 3 nitrogen and oxygen atoms in total. The number of aliphatic hydroxyl groups excluding tert-OH is 1.